The maximum absolute atomic E-state index is 13.4. The van der Waals surface area contributed by atoms with Crippen LogP contribution in [-0.2, 0) is 27.5 Å². The maximum atomic E-state index is 13.4. The first-order valence-corrected chi connectivity index (χ1v) is 9.21. The second-order valence-electron chi connectivity index (χ2n) is 5.94. The number of nitrogens with zero attached hydrogens (tertiary/aromatic N) is 4. The van der Waals surface area contributed by atoms with Crippen molar-refractivity contribution in [2.45, 2.75) is 18.2 Å². The van der Waals surface area contributed by atoms with Gasteiger partial charge in [-0.05, 0) is 0 Å². The van der Waals surface area contributed by atoms with Gasteiger partial charge in [0.25, 0.3) is 0 Å². The van der Waals surface area contributed by atoms with Crippen LogP contribution >= 0.6 is 0 Å². The molecule has 1 unspecified atom stereocenters. The quantitative estimate of drug-likeness (QED) is 0.767. The maximum Gasteiger partial charge on any atom is 0.425 e. The van der Waals surface area contributed by atoms with E-state index in [1.54, 1.807) is 0 Å². The number of hydrogen-bond donors (Lipinski definition) is 1. The Bertz CT molecular complexity index is 741. The molecule has 1 amide bonds. The second-order valence-corrected chi connectivity index (χ2v) is 7.92. The number of piperazine rings is 1. The monoisotopic (exact) mass is 384 g/mol. The molecule has 0 aromatic carbocycles. The summed E-state index contributed by atoms with van der Waals surface area (Å²) in [7, 11) is -2.14. The fraction of sp³-hybridized carbons (Fsp3) is 0.692. The van der Waals surface area contributed by atoms with E-state index < -0.39 is 40.0 Å². The van der Waals surface area contributed by atoms with E-state index in [-0.39, 0.29) is 26.2 Å². The van der Waals surface area contributed by atoms with E-state index in [1.165, 1.54) is 13.2 Å². The van der Waals surface area contributed by atoms with E-state index in [1.807, 2.05) is 0 Å². The molecular weight excluding hydrogens is 365 g/mol. The number of sulfonamides is 1. The van der Waals surface area contributed by atoms with Crippen LogP contribution in [-0.4, -0.2) is 76.8 Å². The predicted octanol–water partition coefficient (Wildman–Crippen LogP) is -0.336. The standard InChI is InChI=1S/C13H19F3N4O4S/c1-18-4-3-17-11(18)12(22,13(14,15)16)9-10(21)19-5-7-20(8-6-19)25(2,23)24/h3-4,22H,5-9H2,1-2H3. The lowest BCUT2D eigenvalue weighted by Gasteiger charge is -2.36. The number of carbonyl (C=O) groups is 1. The van der Waals surface area contributed by atoms with Crippen LogP contribution in [0.3, 0.4) is 0 Å². The van der Waals surface area contributed by atoms with Crippen molar-refractivity contribution < 1.29 is 31.5 Å². The Hall–Kier alpha value is -1.66. The zero-order valence-corrected chi connectivity index (χ0v) is 14.5. The van der Waals surface area contributed by atoms with Crippen LogP contribution < -0.4 is 0 Å². The Kier molecular flexibility index (Phi) is 5.17. The number of carbonyl (C=O) groups excluding carboxylic acids is 1. The summed E-state index contributed by atoms with van der Waals surface area (Å²) in [6, 6.07) is 0. The number of halogens is 3. The van der Waals surface area contributed by atoms with E-state index >= 15 is 0 Å². The lowest BCUT2D eigenvalue weighted by molar-refractivity contribution is -0.272. The summed E-state index contributed by atoms with van der Waals surface area (Å²) in [5.41, 5.74) is -3.42. The molecule has 1 aliphatic rings. The molecule has 0 radical (unpaired) electrons. The lowest BCUT2D eigenvalue weighted by Crippen LogP contribution is -2.53. The summed E-state index contributed by atoms with van der Waals surface area (Å²) in [6.07, 6.45) is -2.96. The molecule has 142 valence electrons. The van der Waals surface area contributed by atoms with Gasteiger partial charge in [0.15, 0.2) is 5.82 Å². The van der Waals surface area contributed by atoms with Crippen LogP contribution in [0.4, 0.5) is 13.2 Å². The molecule has 1 aromatic rings. The minimum Gasteiger partial charge on any atom is -0.374 e. The Morgan fingerprint density at radius 3 is 2.24 bits per heavy atom. The first kappa shape index (κ1) is 19.7. The molecule has 0 bridgehead atoms. The number of amides is 1. The van der Waals surface area contributed by atoms with Crippen LogP contribution in [0.1, 0.15) is 12.2 Å². The van der Waals surface area contributed by atoms with Crippen molar-refractivity contribution in [1.82, 2.24) is 18.8 Å². The highest BCUT2D eigenvalue weighted by molar-refractivity contribution is 7.88. The van der Waals surface area contributed by atoms with E-state index in [2.05, 4.69) is 4.98 Å². The van der Waals surface area contributed by atoms with Crippen LogP contribution in [0.15, 0.2) is 12.4 Å². The third-order valence-electron chi connectivity index (χ3n) is 4.13. The van der Waals surface area contributed by atoms with Crippen LogP contribution in [0, 0.1) is 0 Å². The predicted molar refractivity (Wildman–Crippen MR) is 80.8 cm³/mol. The van der Waals surface area contributed by atoms with E-state index in [9.17, 15) is 31.5 Å². The minimum atomic E-state index is -5.10. The molecule has 1 fully saturated rings. The van der Waals surface area contributed by atoms with Crippen LogP contribution in [0.5, 0.6) is 0 Å². The molecule has 0 spiro atoms. The molecule has 1 aliphatic heterocycles. The minimum absolute atomic E-state index is 0.00256. The number of alkyl halides is 3. The van der Waals surface area contributed by atoms with Crippen molar-refractivity contribution in [2.24, 2.45) is 7.05 Å². The molecule has 12 heteroatoms. The van der Waals surface area contributed by atoms with Crippen LogP contribution in [0.2, 0.25) is 0 Å². The van der Waals surface area contributed by atoms with Gasteiger partial charge in [-0.15, -0.1) is 0 Å². The second kappa shape index (κ2) is 6.57. The van der Waals surface area contributed by atoms with E-state index in [4.69, 9.17) is 0 Å². The summed E-state index contributed by atoms with van der Waals surface area (Å²) in [6.45, 7) is -0.0876. The van der Waals surface area contributed by atoms with Crippen molar-refractivity contribution in [3.63, 3.8) is 0 Å². The molecule has 25 heavy (non-hydrogen) atoms. The Balaban J connectivity index is 2.16. The summed E-state index contributed by atoms with van der Waals surface area (Å²) in [5, 5.41) is 10.2. The van der Waals surface area contributed by atoms with E-state index in [0.29, 0.717) is 0 Å². The average Bonchev–Trinajstić information content (AvgIpc) is 2.92. The van der Waals surface area contributed by atoms with Gasteiger partial charge in [0.2, 0.25) is 21.5 Å². The molecule has 0 aliphatic carbocycles. The topological polar surface area (TPSA) is 95.7 Å². The lowest BCUT2D eigenvalue weighted by atomic mass is 9.96. The zero-order chi connectivity index (χ0) is 19.0. The normalized spacial score (nSPS) is 19.7. The summed E-state index contributed by atoms with van der Waals surface area (Å²) < 4.78 is 65.3. The van der Waals surface area contributed by atoms with Gasteiger partial charge in [0, 0.05) is 45.6 Å². The highest BCUT2D eigenvalue weighted by Crippen LogP contribution is 2.41. The number of aromatic nitrogens is 2. The molecule has 0 saturated carbocycles. The average molecular weight is 384 g/mol. The van der Waals surface area contributed by atoms with Crippen molar-refractivity contribution in [3.05, 3.63) is 18.2 Å². The third kappa shape index (κ3) is 3.96. The first-order chi connectivity index (χ1) is 11.4. The fourth-order valence-electron chi connectivity index (χ4n) is 2.67. The number of hydrogen-bond acceptors (Lipinski definition) is 5. The summed E-state index contributed by atoms with van der Waals surface area (Å²) in [5.74, 6) is -1.60. The highest BCUT2D eigenvalue weighted by atomic mass is 32.2. The fourth-order valence-corrected chi connectivity index (χ4v) is 3.50. The molecular formula is C13H19F3N4O4S. The molecule has 1 atom stereocenters. The van der Waals surface area contributed by atoms with Gasteiger partial charge in [0.1, 0.15) is 0 Å². The van der Waals surface area contributed by atoms with Gasteiger partial charge in [-0.2, -0.15) is 17.5 Å². The van der Waals surface area contributed by atoms with Crippen molar-refractivity contribution in [2.75, 3.05) is 32.4 Å². The number of rotatable bonds is 4. The summed E-state index contributed by atoms with van der Waals surface area (Å²) in [4.78, 5) is 16.9. The van der Waals surface area contributed by atoms with Gasteiger partial charge in [0.05, 0.1) is 12.7 Å². The summed E-state index contributed by atoms with van der Waals surface area (Å²) >= 11 is 0. The highest BCUT2D eigenvalue weighted by Gasteiger charge is 2.59. The Labute approximate surface area is 142 Å². The molecule has 8 nitrogen and oxygen atoms in total. The number of aliphatic hydroxyl groups is 1. The van der Waals surface area contributed by atoms with Crippen molar-refractivity contribution in [1.29, 1.82) is 0 Å². The molecule has 1 saturated heterocycles. The molecule has 2 rings (SSSR count). The van der Waals surface area contributed by atoms with Gasteiger partial charge < -0.3 is 14.6 Å². The smallest absolute Gasteiger partial charge is 0.374 e. The zero-order valence-electron chi connectivity index (χ0n) is 13.7. The van der Waals surface area contributed by atoms with Crippen molar-refractivity contribution in [3.8, 4) is 0 Å². The SMILES string of the molecule is Cn1ccnc1C(O)(CC(=O)N1CCN(S(C)(=O)=O)CC1)C(F)(F)F. The van der Waals surface area contributed by atoms with Gasteiger partial charge in [-0.25, -0.2) is 13.4 Å². The molecule has 2 heterocycles. The van der Waals surface area contributed by atoms with Crippen molar-refractivity contribution >= 4 is 15.9 Å². The van der Waals surface area contributed by atoms with Gasteiger partial charge in [-0.1, -0.05) is 0 Å². The third-order valence-corrected chi connectivity index (χ3v) is 5.43. The Morgan fingerprint density at radius 2 is 1.84 bits per heavy atom. The molecule has 1 aromatic heterocycles. The Morgan fingerprint density at radius 1 is 1.28 bits per heavy atom. The first-order valence-electron chi connectivity index (χ1n) is 7.36. The van der Waals surface area contributed by atoms with Gasteiger partial charge in [-0.3, -0.25) is 4.79 Å². The van der Waals surface area contributed by atoms with E-state index in [0.717, 1.165) is 26.2 Å². The molecule has 1 N–H and O–H groups in total. The largest absolute Gasteiger partial charge is 0.425 e. The van der Waals surface area contributed by atoms with Gasteiger partial charge >= 0.3 is 6.18 Å². The number of aryl methyl sites for hydroxylation is 1. The number of imidazole rings is 1. The van der Waals surface area contributed by atoms with Crippen LogP contribution in [0.25, 0.3) is 0 Å².